The van der Waals surface area contributed by atoms with Crippen molar-refractivity contribution in [2.24, 2.45) is 0 Å². The summed E-state index contributed by atoms with van der Waals surface area (Å²) in [5, 5.41) is 9.80. The molecular formula is C19H19N3O3S2. The lowest BCUT2D eigenvalue weighted by atomic mass is 10.0. The summed E-state index contributed by atoms with van der Waals surface area (Å²) in [5.41, 5.74) is 3.00. The molecule has 2 N–H and O–H groups in total. The Morgan fingerprint density at radius 1 is 1.33 bits per heavy atom. The van der Waals surface area contributed by atoms with Crippen molar-refractivity contribution < 1.29 is 14.4 Å². The predicted octanol–water partition coefficient (Wildman–Crippen LogP) is 2.43. The molecule has 1 aromatic carbocycles. The molecule has 1 saturated heterocycles. The molecule has 4 rings (SSSR count). The van der Waals surface area contributed by atoms with Crippen LogP contribution in [0.5, 0.6) is 0 Å². The Balaban J connectivity index is 1.64. The number of rotatable bonds is 4. The van der Waals surface area contributed by atoms with E-state index in [0.29, 0.717) is 30.0 Å². The zero-order valence-electron chi connectivity index (χ0n) is 14.7. The van der Waals surface area contributed by atoms with Crippen LogP contribution >= 0.6 is 23.1 Å². The van der Waals surface area contributed by atoms with Gasteiger partial charge in [0.2, 0.25) is 11.8 Å². The van der Waals surface area contributed by atoms with E-state index in [0.717, 1.165) is 11.1 Å². The van der Waals surface area contributed by atoms with Gasteiger partial charge in [0.1, 0.15) is 6.04 Å². The fourth-order valence-electron chi connectivity index (χ4n) is 3.67. The monoisotopic (exact) mass is 401 g/mol. The van der Waals surface area contributed by atoms with Gasteiger partial charge >= 0.3 is 0 Å². The van der Waals surface area contributed by atoms with Crippen molar-refractivity contribution in [2.75, 3.05) is 23.9 Å². The molecule has 0 aliphatic carbocycles. The quantitative estimate of drug-likeness (QED) is 0.825. The van der Waals surface area contributed by atoms with Gasteiger partial charge in [-0.25, -0.2) is 0 Å². The van der Waals surface area contributed by atoms with Gasteiger partial charge in [-0.2, -0.15) is 23.1 Å². The Morgan fingerprint density at radius 3 is 2.93 bits per heavy atom. The first-order valence-electron chi connectivity index (χ1n) is 8.65. The van der Waals surface area contributed by atoms with E-state index in [1.807, 2.05) is 35.2 Å². The summed E-state index contributed by atoms with van der Waals surface area (Å²) in [6, 6.07) is 6.48. The van der Waals surface area contributed by atoms with E-state index in [1.54, 1.807) is 22.3 Å². The van der Waals surface area contributed by atoms with Crippen LogP contribution in [0.25, 0.3) is 11.1 Å². The highest BCUT2D eigenvalue weighted by atomic mass is 32.2. The molecule has 2 atom stereocenters. The second-order valence-electron chi connectivity index (χ2n) is 6.60. The molecule has 0 radical (unpaired) electrons. The topological polar surface area (TPSA) is 78.5 Å². The van der Waals surface area contributed by atoms with Crippen LogP contribution in [-0.4, -0.2) is 53.3 Å². The molecule has 0 spiro atoms. The molecule has 1 fully saturated rings. The van der Waals surface area contributed by atoms with Gasteiger partial charge in [-0.15, -0.1) is 0 Å². The van der Waals surface area contributed by atoms with Crippen molar-refractivity contribution >= 4 is 46.5 Å². The van der Waals surface area contributed by atoms with Crippen LogP contribution in [-0.2, 0) is 9.59 Å². The number of thiophene rings is 1. The minimum absolute atomic E-state index is 0.115. The molecule has 0 bridgehead atoms. The lowest BCUT2D eigenvalue weighted by Gasteiger charge is -2.24. The molecule has 0 unspecified atom stereocenters. The van der Waals surface area contributed by atoms with Crippen LogP contribution < -0.4 is 10.6 Å². The highest BCUT2D eigenvalue weighted by molar-refractivity contribution is 7.99. The maximum Gasteiger partial charge on any atom is 0.256 e. The van der Waals surface area contributed by atoms with Crippen molar-refractivity contribution in [1.82, 2.24) is 10.2 Å². The van der Waals surface area contributed by atoms with Crippen LogP contribution in [0.1, 0.15) is 16.8 Å². The number of benzene rings is 1. The normalized spacial score (nSPS) is 21.3. The summed E-state index contributed by atoms with van der Waals surface area (Å²) in [6.45, 7) is 0.448. The number of hydrogen-bond donors (Lipinski definition) is 2. The van der Waals surface area contributed by atoms with E-state index in [9.17, 15) is 14.4 Å². The zero-order valence-corrected chi connectivity index (χ0v) is 16.4. The first-order chi connectivity index (χ1) is 13.1. The van der Waals surface area contributed by atoms with Crippen LogP contribution in [0.15, 0.2) is 35.0 Å². The number of anilines is 1. The third-order valence-corrected chi connectivity index (χ3v) is 6.15. The van der Waals surface area contributed by atoms with Gasteiger partial charge in [0.15, 0.2) is 0 Å². The minimum atomic E-state index is -0.680. The molecule has 2 aliphatic rings. The molecule has 3 heterocycles. The Morgan fingerprint density at radius 2 is 2.19 bits per heavy atom. The second-order valence-corrected chi connectivity index (χ2v) is 8.25. The molecule has 1 aromatic heterocycles. The summed E-state index contributed by atoms with van der Waals surface area (Å²) in [6.07, 6.45) is 2.42. The van der Waals surface area contributed by atoms with Crippen LogP contribution in [0.4, 0.5) is 5.69 Å². The average molecular weight is 402 g/mol. The van der Waals surface area contributed by atoms with Gasteiger partial charge in [-0.1, -0.05) is 6.07 Å². The lowest BCUT2D eigenvalue weighted by Crippen LogP contribution is -2.51. The number of hydrogen-bond acceptors (Lipinski definition) is 5. The molecule has 8 heteroatoms. The van der Waals surface area contributed by atoms with Crippen LogP contribution in [0, 0.1) is 0 Å². The Labute approximate surface area is 165 Å². The standard InChI is InChI=1S/C19H19N3O3S2/c1-26-10-16(23)20-15-4-6-22-17(15)18(24)21-14-3-2-11(8-13(14)19(22)25)12-5-7-27-9-12/h2-3,5,7-9,15,17H,4,6,10H2,1H3,(H,20,23)(H,21,24)/t15-,17-/m0/s1. The number of amides is 3. The fourth-order valence-corrected chi connectivity index (χ4v) is 4.69. The summed E-state index contributed by atoms with van der Waals surface area (Å²) in [5.74, 6) is -0.205. The van der Waals surface area contributed by atoms with E-state index < -0.39 is 6.04 Å². The number of carbonyl (C=O) groups is 3. The van der Waals surface area contributed by atoms with Crippen molar-refractivity contribution in [2.45, 2.75) is 18.5 Å². The minimum Gasteiger partial charge on any atom is -0.350 e. The fraction of sp³-hybridized carbons (Fsp3) is 0.316. The molecule has 3 amide bonds. The van der Waals surface area contributed by atoms with Gasteiger partial charge in [-0.05, 0) is 52.8 Å². The van der Waals surface area contributed by atoms with Crippen molar-refractivity contribution in [3.8, 4) is 11.1 Å². The number of thioether (sulfide) groups is 1. The molecule has 6 nitrogen and oxygen atoms in total. The predicted molar refractivity (Wildman–Crippen MR) is 108 cm³/mol. The molecule has 2 aromatic rings. The summed E-state index contributed by atoms with van der Waals surface area (Å²) in [7, 11) is 0. The number of carbonyl (C=O) groups excluding carboxylic acids is 3. The van der Waals surface area contributed by atoms with Crippen LogP contribution in [0.3, 0.4) is 0 Å². The molecule has 140 valence electrons. The molecular weight excluding hydrogens is 382 g/mol. The first-order valence-corrected chi connectivity index (χ1v) is 11.0. The maximum atomic E-state index is 13.2. The number of fused-ring (bicyclic) bond motifs is 2. The van der Waals surface area contributed by atoms with Crippen molar-refractivity contribution in [1.29, 1.82) is 0 Å². The summed E-state index contributed by atoms with van der Waals surface area (Å²) < 4.78 is 0. The van der Waals surface area contributed by atoms with Gasteiger partial charge in [0, 0.05) is 6.54 Å². The highest BCUT2D eigenvalue weighted by Gasteiger charge is 2.45. The number of nitrogens with one attached hydrogen (secondary N) is 2. The van der Waals surface area contributed by atoms with Crippen LogP contribution in [0.2, 0.25) is 0 Å². The van der Waals surface area contributed by atoms with Gasteiger partial charge < -0.3 is 15.5 Å². The Hall–Kier alpha value is -2.32. The Bertz CT molecular complexity index is 898. The van der Waals surface area contributed by atoms with E-state index in [4.69, 9.17) is 0 Å². The van der Waals surface area contributed by atoms with Gasteiger partial charge in [0.05, 0.1) is 23.0 Å². The highest BCUT2D eigenvalue weighted by Crippen LogP contribution is 2.32. The Kier molecular flexibility index (Phi) is 4.92. The van der Waals surface area contributed by atoms with Crippen molar-refractivity contribution in [3.63, 3.8) is 0 Å². The maximum absolute atomic E-state index is 13.2. The lowest BCUT2D eigenvalue weighted by molar-refractivity contribution is -0.122. The smallest absolute Gasteiger partial charge is 0.256 e. The van der Waals surface area contributed by atoms with E-state index in [-0.39, 0.29) is 23.8 Å². The third kappa shape index (κ3) is 3.35. The van der Waals surface area contributed by atoms with Crippen molar-refractivity contribution in [3.05, 3.63) is 40.6 Å². The summed E-state index contributed by atoms with van der Waals surface area (Å²) >= 11 is 3.02. The molecule has 2 aliphatic heterocycles. The third-order valence-electron chi connectivity index (χ3n) is 4.91. The second kappa shape index (κ2) is 7.36. The molecule has 27 heavy (non-hydrogen) atoms. The SMILES string of the molecule is CSCC(=O)N[C@H]1CCN2C(=O)c3cc(-c4ccsc4)ccc3NC(=O)[C@H]12. The number of nitrogens with zero attached hydrogens (tertiary/aromatic N) is 1. The van der Waals surface area contributed by atoms with Gasteiger partial charge in [-0.3, -0.25) is 14.4 Å². The zero-order chi connectivity index (χ0) is 19.0. The van der Waals surface area contributed by atoms with Gasteiger partial charge in [0.25, 0.3) is 5.91 Å². The first kappa shape index (κ1) is 18.1. The van der Waals surface area contributed by atoms with E-state index in [1.165, 1.54) is 11.8 Å². The average Bonchev–Trinajstić information content (AvgIpc) is 3.29. The largest absolute Gasteiger partial charge is 0.350 e. The molecule has 0 saturated carbocycles. The van der Waals surface area contributed by atoms with E-state index in [2.05, 4.69) is 10.6 Å². The van der Waals surface area contributed by atoms with E-state index >= 15 is 0 Å². The summed E-state index contributed by atoms with van der Waals surface area (Å²) in [4.78, 5) is 39.5.